The van der Waals surface area contributed by atoms with E-state index in [9.17, 15) is 9.59 Å². The monoisotopic (exact) mass is 196 g/mol. The summed E-state index contributed by atoms with van der Waals surface area (Å²) in [6, 6.07) is 0. The van der Waals surface area contributed by atoms with Crippen LogP contribution in [0, 0.1) is 0 Å². The van der Waals surface area contributed by atoms with Gasteiger partial charge in [0.15, 0.2) is 0 Å². The fourth-order valence-corrected chi connectivity index (χ4v) is 0.844. The lowest BCUT2D eigenvalue weighted by molar-refractivity contribution is -0.137. The second-order valence-electron chi connectivity index (χ2n) is 1.95. The Morgan fingerprint density at radius 3 is 2.00 bits per heavy atom. The molecule has 2 unspecified atom stereocenters. The quantitative estimate of drug-likeness (QED) is 0.483. The van der Waals surface area contributed by atoms with Crippen molar-refractivity contribution >= 4 is 37.2 Å². The van der Waals surface area contributed by atoms with Crippen LogP contribution in [0.4, 0.5) is 0 Å². The second-order valence-corrected chi connectivity index (χ2v) is 3.17. The van der Waals surface area contributed by atoms with Gasteiger partial charge in [0.25, 0.3) is 0 Å². The van der Waals surface area contributed by atoms with E-state index < -0.39 is 22.4 Å². The lowest BCUT2D eigenvalue weighted by Gasteiger charge is -2.10. The maximum absolute atomic E-state index is 10.2. The maximum Gasteiger partial charge on any atom is 0.317 e. The molecule has 0 aliphatic carbocycles. The first-order chi connectivity index (χ1) is 4.95. The third kappa shape index (κ3) is 4.15. The number of hydrogen-bond acceptors (Lipinski definition) is 4. The summed E-state index contributed by atoms with van der Waals surface area (Å²) < 4.78 is 0. The highest BCUT2D eigenvalue weighted by Crippen LogP contribution is 2.12. The van der Waals surface area contributed by atoms with E-state index in [1.165, 1.54) is 0 Å². The molecule has 6 heteroatoms. The van der Waals surface area contributed by atoms with Gasteiger partial charge in [0.1, 0.15) is 5.25 Å². The van der Waals surface area contributed by atoms with Crippen molar-refractivity contribution in [3.05, 3.63) is 0 Å². The molecule has 0 saturated heterocycles. The highest BCUT2D eigenvalue weighted by molar-refractivity contribution is 7.85. The number of carbonyl (C=O) groups is 2. The molecule has 4 nitrogen and oxygen atoms in total. The van der Waals surface area contributed by atoms with Gasteiger partial charge in [0.05, 0.1) is 6.42 Å². The Bertz CT molecular complexity index is 170. The van der Waals surface area contributed by atoms with Crippen LogP contribution in [0.15, 0.2) is 0 Å². The molecule has 0 bridgehead atoms. The predicted octanol–water partition coefficient (Wildman–Crippen LogP) is 0.143. The zero-order valence-corrected chi connectivity index (χ0v) is 7.26. The third-order valence-corrected chi connectivity index (χ3v) is 2.30. The standard InChI is InChI=1S/C5H8O4S2/c6-3(7)1-2(10)4(11)5(8)9/h2,4,10-11H,1H2,(H,6,7)(H,8,9). The smallest absolute Gasteiger partial charge is 0.317 e. The molecule has 0 aromatic rings. The lowest BCUT2D eigenvalue weighted by atomic mass is 10.2. The fourth-order valence-electron chi connectivity index (χ4n) is 0.455. The van der Waals surface area contributed by atoms with Gasteiger partial charge in [0.2, 0.25) is 0 Å². The molecule has 2 N–H and O–H groups in total. The van der Waals surface area contributed by atoms with E-state index in [0.29, 0.717) is 0 Å². The van der Waals surface area contributed by atoms with Crippen molar-refractivity contribution < 1.29 is 19.8 Å². The van der Waals surface area contributed by atoms with Gasteiger partial charge in [-0.15, -0.1) is 0 Å². The summed E-state index contributed by atoms with van der Waals surface area (Å²) in [7, 11) is 0. The van der Waals surface area contributed by atoms with Crippen molar-refractivity contribution in [2.45, 2.75) is 16.9 Å². The number of carboxylic acid groups (broad SMARTS) is 2. The van der Waals surface area contributed by atoms with Gasteiger partial charge in [-0.25, -0.2) is 0 Å². The van der Waals surface area contributed by atoms with Crippen molar-refractivity contribution in [1.82, 2.24) is 0 Å². The van der Waals surface area contributed by atoms with E-state index in [4.69, 9.17) is 10.2 Å². The Balaban J connectivity index is 3.92. The highest BCUT2D eigenvalue weighted by atomic mass is 32.1. The number of rotatable bonds is 4. The molecule has 2 atom stereocenters. The van der Waals surface area contributed by atoms with Crippen LogP contribution in [0.25, 0.3) is 0 Å². The van der Waals surface area contributed by atoms with Crippen LogP contribution in [-0.4, -0.2) is 32.7 Å². The van der Waals surface area contributed by atoms with E-state index in [-0.39, 0.29) is 6.42 Å². The van der Waals surface area contributed by atoms with E-state index >= 15 is 0 Å². The van der Waals surface area contributed by atoms with E-state index in [1.54, 1.807) is 0 Å². The topological polar surface area (TPSA) is 74.6 Å². The van der Waals surface area contributed by atoms with Gasteiger partial charge < -0.3 is 10.2 Å². The molecule has 0 aliphatic rings. The van der Waals surface area contributed by atoms with Crippen LogP contribution >= 0.6 is 25.3 Å². The van der Waals surface area contributed by atoms with E-state index in [2.05, 4.69) is 25.3 Å². The molecule has 0 amide bonds. The number of aliphatic carboxylic acids is 2. The molecule has 0 rings (SSSR count). The maximum atomic E-state index is 10.2. The zero-order chi connectivity index (χ0) is 9.02. The van der Waals surface area contributed by atoms with Gasteiger partial charge in [-0.3, -0.25) is 9.59 Å². The largest absolute Gasteiger partial charge is 0.481 e. The van der Waals surface area contributed by atoms with E-state index in [0.717, 1.165) is 0 Å². The molecule has 11 heavy (non-hydrogen) atoms. The number of thiol groups is 2. The molecule has 0 fully saturated rings. The van der Waals surface area contributed by atoms with Crippen LogP contribution < -0.4 is 0 Å². The molecule has 0 saturated carbocycles. The number of carboxylic acids is 2. The van der Waals surface area contributed by atoms with Gasteiger partial charge in [-0.05, 0) is 0 Å². The molecular formula is C5H8O4S2. The Kier molecular flexibility index (Phi) is 4.36. The third-order valence-electron chi connectivity index (χ3n) is 1.00. The first kappa shape index (κ1) is 10.6. The predicted molar refractivity (Wildman–Crippen MR) is 45.4 cm³/mol. The minimum absolute atomic E-state index is 0.302. The Morgan fingerprint density at radius 2 is 1.73 bits per heavy atom. The summed E-state index contributed by atoms with van der Waals surface area (Å²) in [4.78, 5) is 20.3. The summed E-state index contributed by atoms with van der Waals surface area (Å²) in [5.74, 6) is -2.24. The zero-order valence-electron chi connectivity index (χ0n) is 5.47. The first-order valence-corrected chi connectivity index (χ1v) is 3.79. The van der Waals surface area contributed by atoms with Gasteiger partial charge in [-0.2, -0.15) is 25.3 Å². The van der Waals surface area contributed by atoms with Crippen molar-refractivity contribution in [2.24, 2.45) is 0 Å². The normalized spacial score (nSPS) is 15.5. The first-order valence-electron chi connectivity index (χ1n) is 2.76. The summed E-state index contributed by atoms with van der Waals surface area (Å²) >= 11 is 7.42. The van der Waals surface area contributed by atoms with Crippen molar-refractivity contribution in [3.63, 3.8) is 0 Å². The van der Waals surface area contributed by atoms with Crippen molar-refractivity contribution in [3.8, 4) is 0 Å². The molecule has 0 radical (unpaired) electrons. The summed E-state index contributed by atoms with van der Waals surface area (Å²) in [5.41, 5.74) is 0. The number of hydrogen-bond donors (Lipinski definition) is 4. The van der Waals surface area contributed by atoms with Crippen LogP contribution in [-0.2, 0) is 9.59 Å². The minimum atomic E-state index is -1.16. The Morgan fingerprint density at radius 1 is 1.27 bits per heavy atom. The fraction of sp³-hybridized carbons (Fsp3) is 0.600. The van der Waals surface area contributed by atoms with Crippen molar-refractivity contribution in [2.75, 3.05) is 0 Å². The lowest BCUT2D eigenvalue weighted by Crippen LogP contribution is -2.26. The highest BCUT2D eigenvalue weighted by Gasteiger charge is 2.23. The molecular weight excluding hydrogens is 188 g/mol. The van der Waals surface area contributed by atoms with Crippen LogP contribution in [0.3, 0.4) is 0 Å². The van der Waals surface area contributed by atoms with Gasteiger partial charge >= 0.3 is 11.9 Å². The molecule has 0 heterocycles. The average Bonchev–Trinajstić information content (AvgIpc) is 1.84. The molecule has 0 aliphatic heterocycles. The van der Waals surface area contributed by atoms with E-state index in [1.807, 2.05) is 0 Å². The molecule has 64 valence electrons. The SMILES string of the molecule is O=C(O)CC(S)C(S)C(=O)O. The molecule has 0 spiro atoms. The van der Waals surface area contributed by atoms with Crippen molar-refractivity contribution in [1.29, 1.82) is 0 Å². The minimum Gasteiger partial charge on any atom is -0.481 e. The Labute approximate surface area is 74.4 Å². The average molecular weight is 196 g/mol. The van der Waals surface area contributed by atoms with Crippen LogP contribution in [0.5, 0.6) is 0 Å². The summed E-state index contributed by atoms with van der Waals surface area (Å²) in [6.45, 7) is 0. The Hall–Kier alpha value is -0.360. The summed E-state index contributed by atoms with van der Waals surface area (Å²) in [5, 5.41) is 14.8. The molecule has 0 aromatic heterocycles. The van der Waals surface area contributed by atoms with Crippen LogP contribution in [0.1, 0.15) is 6.42 Å². The van der Waals surface area contributed by atoms with Gasteiger partial charge in [-0.1, -0.05) is 0 Å². The molecule has 0 aromatic carbocycles. The second kappa shape index (κ2) is 4.50. The summed E-state index contributed by atoms with van der Waals surface area (Å²) in [6.07, 6.45) is -0.302. The van der Waals surface area contributed by atoms with Gasteiger partial charge in [0, 0.05) is 5.25 Å². The van der Waals surface area contributed by atoms with Crippen LogP contribution in [0.2, 0.25) is 0 Å².